The minimum atomic E-state index is 0.181. The largest absolute Gasteiger partial charge is 0.497 e. The summed E-state index contributed by atoms with van der Waals surface area (Å²) in [6.07, 6.45) is 3.65. The van der Waals surface area contributed by atoms with Gasteiger partial charge in [0.1, 0.15) is 5.75 Å². The molecule has 0 aromatic heterocycles. The molecule has 1 aromatic carbocycles. The van der Waals surface area contributed by atoms with Gasteiger partial charge >= 0.3 is 0 Å². The molecule has 0 heterocycles. The summed E-state index contributed by atoms with van der Waals surface area (Å²) in [4.78, 5) is 0. The molecule has 0 unspecified atom stereocenters. The topological polar surface area (TPSA) is 44.5 Å². The van der Waals surface area contributed by atoms with Gasteiger partial charge in [-0.1, -0.05) is 12.5 Å². The summed E-state index contributed by atoms with van der Waals surface area (Å²) in [5.41, 5.74) is 8.69. The molecule has 0 amide bonds. The lowest BCUT2D eigenvalue weighted by Crippen LogP contribution is -2.42. The monoisotopic (exact) mass is 235 g/mol. The zero-order chi connectivity index (χ0) is 12.3. The lowest BCUT2D eigenvalue weighted by Gasteiger charge is -2.42. The van der Waals surface area contributed by atoms with Gasteiger partial charge in [0, 0.05) is 19.1 Å². The van der Waals surface area contributed by atoms with Crippen LogP contribution in [-0.2, 0) is 16.8 Å². The van der Waals surface area contributed by atoms with Crippen molar-refractivity contribution in [3.8, 4) is 5.75 Å². The molecule has 2 rings (SSSR count). The van der Waals surface area contributed by atoms with E-state index in [1.165, 1.54) is 30.4 Å². The van der Waals surface area contributed by atoms with E-state index in [-0.39, 0.29) is 5.41 Å². The third kappa shape index (κ3) is 2.17. The van der Waals surface area contributed by atoms with Crippen LogP contribution in [0.3, 0.4) is 0 Å². The Morgan fingerprint density at radius 1 is 1.29 bits per heavy atom. The molecule has 0 saturated heterocycles. The summed E-state index contributed by atoms with van der Waals surface area (Å²) in [7, 11) is 3.41. The molecule has 1 aromatic rings. The van der Waals surface area contributed by atoms with E-state index in [2.05, 4.69) is 12.1 Å². The van der Waals surface area contributed by atoms with Gasteiger partial charge in [-0.15, -0.1) is 0 Å². The molecular weight excluding hydrogens is 214 g/mol. The Kier molecular flexibility index (Phi) is 3.69. The van der Waals surface area contributed by atoms with E-state index in [0.29, 0.717) is 6.61 Å². The van der Waals surface area contributed by atoms with Crippen LogP contribution in [0.2, 0.25) is 0 Å². The zero-order valence-corrected chi connectivity index (χ0v) is 10.7. The van der Waals surface area contributed by atoms with Crippen molar-refractivity contribution < 1.29 is 9.47 Å². The maximum absolute atomic E-state index is 5.96. The van der Waals surface area contributed by atoms with Crippen LogP contribution in [-0.4, -0.2) is 20.8 Å². The van der Waals surface area contributed by atoms with Crippen LogP contribution in [0.5, 0.6) is 5.75 Å². The quantitative estimate of drug-likeness (QED) is 0.851. The van der Waals surface area contributed by atoms with Gasteiger partial charge in [-0.25, -0.2) is 0 Å². The zero-order valence-electron chi connectivity index (χ0n) is 10.7. The van der Waals surface area contributed by atoms with Crippen molar-refractivity contribution >= 4 is 0 Å². The third-order valence-electron chi connectivity index (χ3n) is 3.88. The Morgan fingerprint density at radius 3 is 2.53 bits per heavy atom. The average molecular weight is 235 g/mol. The van der Waals surface area contributed by atoms with Crippen molar-refractivity contribution in [3.63, 3.8) is 0 Å². The minimum absolute atomic E-state index is 0.181. The summed E-state index contributed by atoms with van der Waals surface area (Å²) in [5, 5.41) is 0. The number of methoxy groups -OCH3 is 2. The second-order valence-corrected chi connectivity index (χ2v) is 4.79. The van der Waals surface area contributed by atoms with E-state index >= 15 is 0 Å². The van der Waals surface area contributed by atoms with Crippen molar-refractivity contribution in [2.45, 2.75) is 31.3 Å². The Morgan fingerprint density at radius 2 is 2.06 bits per heavy atom. The van der Waals surface area contributed by atoms with Gasteiger partial charge in [0.05, 0.1) is 13.7 Å². The second kappa shape index (κ2) is 5.07. The van der Waals surface area contributed by atoms with E-state index in [1.807, 2.05) is 6.07 Å². The van der Waals surface area contributed by atoms with Crippen molar-refractivity contribution in [3.05, 3.63) is 29.3 Å². The molecule has 0 aliphatic heterocycles. The molecule has 1 aliphatic carbocycles. The van der Waals surface area contributed by atoms with Gasteiger partial charge in [-0.3, -0.25) is 0 Å². The van der Waals surface area contributed by atoms with Crippen LogP contribution >= 0.6 is 0 Å². The molecule has 17 heavy (non-hydrogen) atoms. The first kappa shape index (κ1) is 12.4. The number of benzene rings is 1. The molecule has 0 bridgehead atoms. The number of rotatable bonds is 5. The molecule has 3 heteroatoms. The first-order valence-electron chi connectivity index (χ1n) is 6.12. The SMILES string of the molecule is COCc1cc(OC)ccc1C1(CN)CCC1. The van der Waals surface area contributed by atoms with Crippen molar-refractivity contribution in [2.75, 3.05) is 20.8 Å². The molecule has 0 spiro atoms. The van der Waals surface area contributed by atoms with Crippen molar-refractivity contribution in [1.82, 2.24) is 0 Å². The van der Waals surface area contributed by atoms with Crippen LogP contribution in [0.25, 0.3) is 0 Å². The molecule has 1 saturated carbocycles. The maximum Gasteiger partial charge on any atom is 0.119 e. The summed E-state index contributed by atoms with van der Waals surface area (Å²) < 4.78 is 10.5. The third-order valence-corrected chi connectivity index (χ3v) is 3.88. The van der Waals surface area contributed by atoms with Gasteiger partial charge in [-0.05, 0) is 36.1 Å². The van der Waals surface area contributed by atoms with E-state index < -0.39 is 0 Å². The van der Waals surface area contributed by atoms with Gasteiger partial charge in [-0.2, -0.15) is 0 Å². The molecule has 1 fully saturated rings. The molecule has 2 N–H and O–H groups in total. The van der Waals surface area contributed by atoms with Crippen LogP contribution < -0.4 is 10.5 Å². The highest BCUT2D eigenvalue weighted by atomic mass is 16.5. The fourth-order valence-corrected chi connectivity index (χ4v) is 2.68. The molecule has 0 radical (unpaired) electrons. The smallest absolute Gasteiger partial charge is 0.119 e. The highest BCUT2D eigenvalue weighted by Crippen LogP contribution is 2.44. The molecule has 0 atom stereocenters. The highest BCUT2D eigenvalue weighted by molar-refractivity contribution is 5.41. The average Bonchev–Trinajstić information content (AvgIpc) is 2.30. The van der Waals surface area contributed by atoms with Crippen LogP contribution in [0.1, 0.15) is 30.4 Å². The Bertz CT molecular complexity index is 380. The van der Waals surface area contributed by atoms with E-state index in [0.717, 1.165) is 12.3 Å². The summed E-state index contributed by atoms with van der Waals surface area (Å²) in [5.74, 6) is 0.882. The molecular formula is C14H21NO2. The lowest BCUT2D eigenvalue weighted by molar-refractivity contribution is 0.177. The summed E-state index contributed by atoms with van der Waals surface area (Å²) in [6, 6.07) is 6.23. The number of hydrogen-bond donors (Lipinski definition) is 1. The van der Waals surface area contributed by atoms with Crippen LogP contribution in [0.4, 0.5) is 0 Å². The van der Waals surface area contributed by atoms with Crippen LogP contribution in [0, 0.1) is 0 Å². The summed E-state index contributed by atoms with van der Waals surface area (Å²) >= 11 is 0. The van der Waals surface area contributed by atoms with Gasteiger partial charge in [0.25, 0.3) is 0 Å². The lowest BCUT2D eigenvalue weighted by atomic mass is 9.63. The second-order valence-electron chi connectivity index (χ2n) is 4.79. The first-order valence-corrected chi connectivity index (χ1v) is 6.12. The number of nitrogens with two attached hydrogens (primary N) is 1. The Labute approximate surface area is 103 Å². The van der Waals surface area contributed by atoms with E-state index in [4.69, 9.17) is 15.2 Å². The molecule has 94 valence electrons. The van der Waals surface area contributed by atoms with Crippen molar-refractivity contribution in [2.24, 2.45) is 5.73 Å². The van der Waals surface area contributed by atoms with Gasteiger partial charge in [0.15, 0.2) is 0 Å². The van der Waals surface area contributed by atoms with Gasteiger partial charge < -0.3 is 15.2 Å². The highest BCUT2D eigenvalue weighted by Gasteiger charge is 2.38. The van der Waals surface area contributed by atoms with E-state index in [9.17, 15) is 0 Å². The number of hydrogen-bond acceptors (Lipinski definition) is 3. The fourth-order valence-electron chi connectivity index (χ4n) is 2.68. The van der Waals surface area contributed by atoms with E-state index in [1.54, 1.807) is 14.2 Å². The standard InChI is InChI=1S/C14H21NO2/c1-16-9-11-8-12(17-2)4-5-13(11)14(10-15)6-3-7-14/h4-5,8H,3,6-7,9-10,15H2,1-2H3. The Balaban J connectivity index is 2.37. The normalized spacial score (nSPS) is 17.6. The van der Waals surface area contributed by atoms with Crippen LogP contribution in [0.15, 0.2) is 18.2 Å². The van der Waals surface area contributed by atoms with Crippen molar-refractivity contribution in [1.29, 1.82) is 0 Å². The number of ether oxygens (including phenoxy) is 2. The first-order chi connectivity index (χ1) is 8.25. The predicted octanol–water partition coefficient (Wildman–Crippen LogP) is 2.22. The minimum Gasteiger partial charge on any atom is -0.497 e. The predicted molar refractivity (Wildman–Crippen MR) is 68.3 cm³/mol. The fraction of sp³-hybridized carbons (Fsp3) is 0.571. The Hall–Kier alpha value is -1.06. The maximum atomic E-state index is 5.96. The molecule has 1 aliphatic rings. The summed E-state index contributed by atoms with van der Waals surface area (Å²) in [6.45, 7) is 1.34. The van der Waals surface area contributed by atoms with Gasteiger partial charge in [0.2, 0.25) is 0 Å². The molecule has 3 nitrogen and oxygen atoms in total.